The number of anilines is 1. The highest BCUT2D eigenvalue weighted by Gasteiger charge is 2.49. The number of fused-ring (bicyclic) bond motifs is 3. The highest BCUT2D eigenvalue weighted by molar-refractivity contribution is 5.63. The fourth-order valence-electron chi connectivity index (χ4n) is 3.28. The van der Waals surface area contributed by atoms with E-state index in [1.165, 1.54) is 23.2 Å². The predicted octanol–water partition coefficient (Wildman–Crippen LogP) is 2.64. The van der Waals surface area contributed by atoms with Crippen LogP contribution >= 0.6 is 0 Å². The van der Waals surface area contributed by atoms with Crippen LogP contribution < -0.4 is 10.6 Å². The van der Waals surface area contributed by atoms with Crippen molar-refractivity contribution in [1.82, 2.24) is 5.32 Å². The normalized spacial score (nSPS) is 30.7. The van der Waals surface area contributed by atoms with E-state index in [4.69, 9.17) is 0 Å². The van der Waals surface area contributed by atoms with Crippen molar-refractivity contribution in [1.29, 1.82) is 0 Å². The SMILES string of the molecule is C=C(C)C[C@]12CCN[C@@H]1Nc1ccccc12. The molecule has 84 valence electrons. The molecule has 2 aliphatic rings. The van der Waals surface area contributed by atoms with Crippen molar-refractivity contribution in [3.8, 4) is 0 Å². The summed E-state index contributed by atoms with van der Waals surface area (Å²) in [5.41, 5.74) is 4.27. The van der Waals surface area contributed by atoms with Crippen LogP contribution in [0.1, 0.15) is 25.3 Å². The molecule has 0 bridgehead atoms. The van der Waals surface area contributed by atoms with Crippen molar-refractivity contribution in [2.24, 2.45) is 0 Å². The summed E-state index contributed by atoms with van der Waals surface area (Å²) in [6, 6.07) is 8.68. The van der Waals surface area contributed by atoms with Gasteiger partial charge in [-0.05, 0) is 37.9 Å². The largest absolute Gasteiger partial charge is 0.369 e. The van der Waals surface area contributed by atoms with Crippen LogP contribution in [0.3, 0.4) is 0 Å². The Bertz CT molecular complexity index is 438. The first kappa shape index (κ1) is 9.91. The predicted molar refractivity (Wildman–Crippen MR) is 67.6 cm³/mol. The summed E-state index contributed by atoms with van der Waals surface area (Å²) >= 11 is 0. The van der Waals surface area contributed by atoms with E-state index in [0.29, 0.717) is 6.17 Å². The van der Waals surface area contributed by atoms with E-state index in [-0.39, 0.29) is 5.41 Å². The fraction of sp³-hybridized carbons (Fsp3) is 0.429. The Balaban J connectivity index is 2.09. The van der Waals surface area contributed by atoms with E-state index in [2.05, 4.69) is 48.4 Å². The molecule has 1 saturated heterocycles. The van der Waals surface area contributed by atoms with Gasteiger partial charge in [0.1, 0.15) is 0 Å². The molecule has 2 heteroatoms. The van der Waals surface area contributed by atoms with Crippen molar-refractivity contribution in [2.45, 2.75) is 31.3 Å². The molecule has 0 aromatic heterocycles. The average molecular weight is 214 g/mol. The molecular weight excluding hydrogens is 196 g/mol. The van der Waals surface area contributed by atoms with Crippen molar-refractivity contribution < 1.29 is 0 Å². The summed E-state index contributed by atoms with van der Waals surface area (Å²) in [6.07, 6.45) is 2.67. The lowest BCUT2D eigenvalue weighted by Gasteiger charge is -2.29. The van der Waals surface area contributed by atoms with Crippen molar-refractivity contribution in [2.75, 3.05) is 11.9 Å². The summed E-state index contributed by atoms with van der Waals surface area (Å²) in [5, 5.41) is 7.15. The zero-order valence-electron chi connectivity index (χ0n) is 9.72. The maximum atomic E-state index is 4.09. The standard InChI is InChI=1S/C14H18N2/c1-10(2)9-14-7-8-15-13(14)16-12-6-4-3-5-11(12)14/h3-6,13,15-16H,1,7-9H2,2H3/t13-,14+/m1/s1. The molecule has 2 N–H and O–H groups in total. The second kappa shape index (κ2) is 3.36. The quantitative estimate of drug-likeness (QED) is 0.740. The van der Waals surface area contributed by atoms with Crippen LogP contribution in [0.2, 0.25) is 0 Å². The van der Waals surface area contributed by atoms with Gasteiger partial charge in [-0.3, -0.25) is 5.32 Å². The van der Waals surface area contributed by atoms with Crippen LogP contribution in [0.4, 0.5) is 5.69 Å². The van der Waals surface area contributed by atoms with E-state index in [1.54, 1.807) is 0 Å². The number of para-hydroxylation sites is 1. The van der Waals surface area contributed by atoms with Crippen LogP contribution in [-0.4, -0.2) is 12.7 Å². The van der Waals surface area contributed by atoms with Gasteiger partial charge in [-0.25, -0.2) is 0 Å². The van der Waals surface area contributed by atoms with Gasteiger partial charge in [0, 0.05) is 11.1 Å². The van der Waals surface area contributed by atoms with Gasteiger partial charge in [0.2, 0.25) is 0 Å². The van der Waals surface area contributed by atoms with Gasteiger partial charge in [0.25, 0.3) is 0 Å². The molecular formula is C14H18N2. The number of benzene rings is 1. The molecule has 3 rings (SSSR count). The van der Waals surface area contributed by atoms with E-state index in [0.717, 1.165) is 13.0 Å². The van der Waals surface area contributed by atoms with Gasteiger partial charge in [-0.2, -0.15) is 0 Å². The van der Waals surface area contributed by atoms with E-state index in [1.807, 2.05) is 0 Å². The summed E-state index contributed by atoms with van der Waals surface area (Å²) in [6.45, 7) is 7.32. The molecule has 0 unspecified atom stereocenters. The van der Waals surface area contributed by atoms with E-state index >= 15 is 0 Å². The van der Waals surface area contributed by atoms with Crippen molar-refractivity contribution in [3.63, 3.8) is 0 Å². The maximum absolute atomic E-state index is 4.09. The Morgan fingerprint density at radius 3 is 3.12 bits per heavy atom. The first-order valence-electron chi connectivity index (χ1n) is 5.96. The molecule has 0 aliphatic carbocycles. The number of hydrogen-bond donors (Lipinski definition) is 2. The molecule has 0 spiro atoms. The first-order chi connectivity index (χ1) is 7.72. The molecule has 1 aromatic rings. The summed E-state index contributed by atoms with van der Waals surface area (Å²) in [4.78, 5) is 0. The minimum absolute atomic E-state index is 0.239. The third-order valence-corrected chi connectivity index (χ3v) is 3.85. The lowest BCUT2D eigenvalue weighted by atomic mass is 9.75. The van der Waals surface area contributed by atoms with Gasteiger partial charge in [-0.1, -0.05) is 23.8 Å². The number of rotatable bonds is 2. The van der Waals surface area contributed by atoms with Gasteiger partial charge < -0.3 is 5.32 Å². The third kappa shape index (κ3) is 1.23. The van der Waals surface area contributed by atoms with Gasteiger partial charge in [0.15, 0.2) is 0 Å². The third-order valence-electron chi connectivity index (χ3n) is 3.85. The molecule has 0 amide bonds. The van der Waals surface area contributed by atoms with Crippen molar-refractivity contribution in [3.05, 3.63) is 42.0 Å². The second-order valence-corrected chi connectivity index (χ2v) is 5.12. The van der Waals surface area contributed by atoms with Crippen LogP contribution in [0, 0.1) is 0 Å². The number of allylic oxidation sites excluding steroid dienone is 1. The van der Waals surface area contributed by atoms with Crippen LogP contribution in [0.25, 0.3) is 0 Å². The molecule has 1 fully saturated rings. The van der Waals surface area contributed by atoms with E-state index < -0.39 is 0 Å². The van der Waals surface area contributed by atoms with Crippen LogP contribution in [0.15, 0.2) is 36.4 Å². The molecule has 2 aliphatic heterocycles. The average Bonchev–Trinajstić information content (AvgIpc) is 2.72. The molecule has 2 heterocycles. The summed E-state index contributed by atoms with van der Waals surface area (Å²) in [7, 11) is 0. The molecule has 16 heavy (non-hydrogen) atoms. The smallest absolute Gasteiger partial charge is 0.0871 e. The topological polar surface area (TPSA) is 24.1 Å². The van der Waals surface area contributed by atoms with Crippen molar-refractivity contribution >= 4 is 5.69 Å². The van der Waals surface area contributed by atoms with Crippen LogP contribution in [-0.2, 0) is 5.41 Å². The van der Waals surface area contributed by atoms with Gasteiger partial charge >= 0.3 is 0 Å². The lowest BCUT2D eigenvalue weighted by Crippen LogP contribution is -2.40. The second-order valence-electron chi connectivity index (χ2n) is 5.12. The zero-order chi connectivity index (χ0) is 11.2. The molecule has 0 radical (unpaired) electrons. The van der Waals surface area contributed by atoms with Gasteiger partial charge in [-0.15, -0.1) is 6.58 Å². The highest BCUT2D eigenvalue weighted by atomic mass is 15.2. The van der Waals surface area contributed by atoms with Crippen LogP contribution in [0.5, 0.6) is 0 Å². The lowest BCUT2D eigenvalue weighted by molar-refractivity contribution is 0.415. The summed E-state index contributed by atoms with van der Waals surface area (Å²) < 4.78 is 0. The minimum Gasteiger partial charge on any atom is -0.369 e. The Labute approximate surface area is 96.7 Å². The number of hydrogen-bond acceptors (Lipinski definition) is 2. The Hall–Kier alpha value is -1.28. The number of nitrogens with one attached hydrogen (secondary N) is 2. The Morgan fingerprint density at radius 2 is 2.31 bits per heavy atom. The minimum atomic E-state index is 0.239. The fourth-order valence-corrected chi connectivity index (χ4v) is 3.28. The zero-order valence-corrected chi connectivity index (χ0v) is 9.72. The highest BCUT2D eigenvalue weighted by Crippen LogP contribution is 2.48. The Morgan fingerprint density at radius 1 is 1.50 bits per heavy atom. The van der Waals surface area contributed by atoms with Gasteiger partial charge in [0.05, 0.1) is 6.17 Å². The summed E-state index contributed by atoms with van der Waals surface area (Å²) in [5.74, 6) is 0. The molecule has 1 aromatic carbocycles. The van der Waals surface area contributed by atoms with E-state index in [9.17, 15) is 0 Å². The molecule has 0 saturated carbocycles. The first-order valence-corrected chi connectivity index (χ1v) is 5.96. The maximum Gasteiger partial charge on any atom is 0.0871 e. The molecule has 2 nitrogen and oxygen atoms in total. The molecule has 2 atom stereocenters. The monoisotopic (exact) mass is 214 g/mol. The Kier molecular flexibility index (Phi) is 2.08.